The summed E-state index contributed by atoms with van der Waals surface area (Å²) in [6, 6.07) is 0. The molecule has 0 atom stereocenters. The van der Waals surface area contributed by atoms with Crippen LogP contribution in [0, 0.1) is 0 Å². The smallest absolute Gasteiger partial charge is 1.00 e. The molecule has 0 fully saturated rings. The molecular weight excluding hydrogens is 4420 g/mol. The summed E-state index contributed by atoms with van der Waals surface area (Å²) in [5, 5.41) is 0. The monoisotopic (exact) mass is 4410 g/mol. The van der Waals surface area contributed by atoms with E-state index in [0.717, 1.165) is 0 Å². The molecule has 0 rings (SSSR count). The number of halogens is 75. The third kappa shape index (κ3) is 1060. The van der Waals surface area contributed by atoms with Crippen molar-refractivity contribution in [2.75, 3.05) is 0 Å². The van der Waals surface area contributed by atoms with Gasteiger partial charge < -0.3 is 558 Å². The summed E-state index contributed by atoms with van der Waals surface area (Å²) in [5.74, 6) is 0. The third-order valence-electron chi connectivity index (χ3n) is 0. The van der Waals surface area contributed by atoms with Gasteiger partial charge in [0.05, 0.1) is 0 Å². The first-order chi connectivity index (χ1) is 0. The minimum Gasteiger partial charge on any atom is -1.00 e. The summed E-state index contributed by atoms with van der Waals surface area (Å²) in [5.41, 5.74) is 0. The minimum absolute atomic E-state index is 0. The standard InChI is InChI=1S/75ClH.45K/h75*1H;;;;;;;;;;;;;;;;;;;;;;;;;;;;;;;;;;;;;;;;;;;;;/q;;;;;;;;;;;;;;;;;;;;;;;;;;;;;;;;;;;;;;;;;;;;;;;;;;;;;;;;;;;;;;;;;;;;;;;;;;;45*+1/p-45. The average molecular weight is 4450 g/mol. The number of hydrogen-bond donors (Lipinski definition) is 0. The maximum absolute atomic E-state index is 0. The van der Waals surface area contributed by atoms with E-state index in [1.807, 2.05) is 0 Å². The van der Waals surface area contributed by atoms with E-state index in [1.54, 1.807) is 0 Å². The zero-order valence-electron chi connectivity index (χ0n) is 74.3. The zero-order valence-corrected chi connectivity index (χ0v) is 273. The summed E-state index contributed by atoms with van der Waals surface area (Å²) in [6.45, 7) is 0. The maximum atomic E-state index is 0. The van der Waals surface area contributed by atoms with Crippen LogP contribution in [0.5, 0.6) is 0 Å². The van der Waals surface area contributed by atoms with Crippen molar-refractivity contribution in [1.29, 1.82) is 0 Å². The van der Waals surface area contributed by atoms with Gasteiger partial charge in [-0.05, 0) is 0 Å². The molecule has 120 heavy (non-hydrogen) atoms. The maximum Gasteiger partial charge on any atom is 1.00 e. The third-order valence-corrected chi connectivity index (χ3v) is 0. The van der Waals surface area contributed by atoms with E-state index in [9.17, 15) is 0 Å². The Hall–Kier alpha value is 95.4. The summed E-state index contributed by atoms with van der Waals surface area (Å²) in [6.07, 6.45) is 0. The van der Waals surface area contributed by atoms with Crippen molar-refractivity contribution in [3.63, 3.8) is 0 Å². The number of hydrogen-bond acceptors (Lipinski definition) is 0. The predicted octanol–water partition coefficient (Wildman–Crippen LogP) is -257. The Bertz CT molecular complexity index is 115. The second kappa shape index (κ2) is 1070. The van der Waals surface area contributed by atoms with Crippen LogP contribution in [0.2, 0.25) is 0 Å². The van der Waals surface area contributed by atoms with Gasteiger partial charge in [-0.15, -0.1) is 372 Å². The Morgan fingerprint density at radius 2 is 0.0250 bits per heavy atom. The molecule has 120 heteroatoms. The SMILES string of the molecule is Cl.Cl.Cl.Cl.Cl.Cl.Cl.Cl.Cl.Cl.Cl.Cl.Cl.Cl.Cl.Cl.Cl.Cl.Cl.Cl.Cl.Cl.Cl.Cl.Cl.Cl.Cl.Cl.Cl.Cl.[Cl-].[Cl-].[Cl-].[Cl-].[Cl-].[Cl-].[Cl-].[Cl-].[Cl-].[Cl-].[Cl-].[Cl-].[Cl-].[Cl-].[Cl-].[Cl-].[Cl-].[Cl-].[Cl-].[Cl-].[Cl-].[Cl-].[Cl-].[Cl-].[Cl-].[Cl-].[Cl-].[Cl-].[Cl-].[Cl-].[Cl-].[Cl-].[Cl-].[Cl-].[Cl-].[Cl-].[Cl-].[Cl-].[Cl-].[Cl-].[Cl-].[Cl-].[Cl-].[Cl-].[Cl-].[K+].[K+].[K+].[K+].[K+].[K+].[K+].[K+].[K+].[K+].[K+].[K+].[K+].[K+].[K+].[K+].[K+].[K+].[K+].[K+].[K+].[K+].[K+].[K+].[K+].[K+].[K+].[K+].[K+].[K+].[K+].[K+].[K+].[K+].[K+].[K+].[K+].[K+].[K+].[K+].[K+].[K+].[K+].[K+].[K+]. The van der Waals surface area contributed by atoms with Crippen molar-refractivity contribution in [3.8, 4) is 0 Å². The molecule has 0 saturated carbocycles. The van der Waals surface area contributed by atoms with E-state index < -0.39 is 0 Å². The van der Waals surface area contributed by atoms with Crippen LogP contribution in [0.25, 0.3) is 0 Å². The molecule has 600 valence electrons. The van der Waals surface area contributed by atoms with E-state index in [-0.39, 0.29) is 3240 Å². The number of rotatable bonds is 0. The molecule has 0 amide bonds. The van der Waals surface area contributed by atoms with Gasteiger partial charge in [0.25, 0.3) is 0 Å². The van der Waals surface area contributed by atoms with Crippen LogP contribution in [0.15, 0.2) is 0 Å². The molecule has 0 aromatic heterocycles. The van der Waals surface area contributed by atoms with Gasteiger partial charge in [0.15, 0.2) is 0 Å². The molecule has 0 aliphatic heterocycles. The Morgan fingerprint density at radius 3 is 0.0250 bits per heavy atom. The molecule has 0 saturated heterocycles. The van der Waals surface area contributed by atoms with Gasteiger partial charge in [0, 0.05) is 0 Å². The van der Waals surface area contributed by atoms with Crippen molar-refractivity contribution in [2.45, 2.75) is 0 Å². The fourth-order valence-electron chi connectivity index (χ4n) is 0. The van der Waals surface area contributed by atoms with Crippen molar-refractivity contribution < 1.29 is 2870 Å². The molecule has 0 heterocycles. The molecule has 0 aromatic rings. The fourth-order valence-corrected chi connectivity index (χ4v) is 0. The summed E-state index contributed by atoms with van der Waals surface area (Å²) < 4.78 is 0. The van der Waals surface area contributed by atoms with Crippen LogP contribution < -0.4 is 2870 Å². The van der Waals surface area contributed by atoms with E-state index in [1.165, 1.54) is 0 Å². The summed E-state index contributed by atoms with van der Waals surface area (Å²) in [7, 11) is 0. The molecule has 0 aromatic carbocycles. The average Bonchev–Trinajstić information content (AvgIpc) is 0. The zero-order chi connectivity index (χ0) is 0. The van der Waals surface area contributed by atoms with Crippen LogP contribution in [-0.4, -0.2) is 0 Å². The summed E-state index contributed by atoms with van der Waals surface area (Å²) in [4.78, 5) is 0. The quantitative estimate of drug-likeness (QED) is 0.212. The fraction of sp³-hybridized carbons (Fsp3) is 0. The van der Waals surface area contributed by atoms with Gasteiger partial charge in [0.2, 0.25) is 0 Å². The van der Waals surface area contributed by atoms with E-state index in [2.05, 4.69) is 0 Å². The Balaban J connectivity index is 0. The minimum atomic E-state index is 0. The molecule has 0 bridgehead atoms. The van der Waals surface area contributed by atoms with Gasteiger partial charge >= 0.3 is 2310 Å². The van der Waals surface area contributed by atoms with E-state index in [4.69, 9.17) is 0 Å². The molecule has 0 N–H and O–H groups in total. The Morgan fingerprint density at radius 1 is 0.0250 bits per heavy atom. The molecule has 0 unspecified atom stereocenters. The van der Waals surface area contributed by atoms with E-state index >= 15 is 0 Å². The molecule has 0 radical (unpaired) electrons. The second-order valence-electron chi connectivity index (χ2n) is 0. The Labute approximate surface area is 3110 Å². The van der Waals surface area contributed by atoms with Gasteiger partial charge in [-0.2, -0.15) is 0 Å². The molecule has 0 nitrogen and oxygen atoms in total. The van der Waals surface area contributed by atoms with Gasteiger partial charge in [-0.25, -0.2) is 0 Å². The van der Waals surface area contributed by atoms with Crippen molar-refractivity contribution in [2.24, 2.45) is 0 Å². The molecule has 0 spiro atoms. The van der Waals surface area contributed by atoms with Crippen LogP contribution >= 0.6 is 372 Å². The molecule has 0 aliphatic rings. The normalized spacial score (nSPS) is 0. The van der Waals surface area contributed by atoms with Gasteiger partial charge in [-0.1, -0.05) is 0 Å². The first-order valence-corrected chi connectivity index (χ1v) is 0. The van der Waals surface area contributed by atoms with Crippen LogP contribution in [0.3, 0.4) is 0 Å². The van der Waals surface area contributed by atoms with Crippen LogP contribution in [0.1, 0.15) is 0 Å². The van der Waals surface area contributed by atoms with Crippen LogP contribution in [-0.2, 0) is 0 Å². The van der Waals surface area contributed by atoms with Crippen molar-refractivity contribution in [3.05, 3.63) is 0 Å². The van der Waals surface area contributed by atoms with Crippen LogP contribution in [0.4, 0.5) is 0 Å². The Kier molecular flexibility index (Phi) is 9730. The van der Waals surface area contributed by atoms with Crippen molar-refractivity contribution >= 4 is 372 Å². The topological polar surface area (TPSA) is 0 Å². The summed E-state index contributed by atoms with van der Waals surface area (Å²) >= 11 is 0. The van der Waals surface area contributed by atoms with Gasteiger partial charge in [-0.3, -0.25) is 0 Å². The largest absolute Gasteiger partial charge is 1.00 e. The first kappa shape index (κ1) is 1090. The first-order valence-electron chi connectivity index (χ1n) is 0. The van der Waals surface area contributed by atoms with Crippen molar-refractivity contribution in [1.82, 2.24) is 0 Å². The van der Waals surface area contributed by atoms with Gasteiger partial charge in [0.1, 0.15) is 0 Å². The molecule has 0 aliphatic carbocycles. The van der Waals surface area contributed by atoms with E-state index in [0.29, 0.717) is 0 Å². The second-order valence-corrected chi connectivity index (χ2v) is 0. The predicted molar refractivity (Wildman–Crippen MR) is 217 cm³/mol. The molecular formula is H30Cl75K45.